The first-order chi connectivity index (χ1) is 12.8. The highest BCUT2D eigenvalue weighted by Crippen LogP contribution is 2.31. The molecule has 1 fully saturated rings. The molecule has 26 heavy (non-hydrogen) atoms. The molecule has 0 spiro atoms. The monoisotopic (exact) mass is 354 g/mol. The fraction of sp³-hybridized carbons (Fsp3) is 0.609. The molecule has 3 heteroatoms. The van der Waals surface area contributed by atoms with Gasteiger partial charge in [0.25, 0.3) is 0 Å². The first-order valence-electron chi connectivity index (χ1n) is 10.5. The Morgan fingerprint density at radius 1 is 1.12 bits per heavy atom. The quantitative estimate of drug-likeness (QED) is 0.566. The third-order valence-electron chi connectivity index (χ3n) is 5.75. The summed E-state index contributed by atoms with van der Waals surface area (Å²) in [4.78, 5) is 6.96. The molecule has 1 aliphatic heterocycles. The highest BCUT2D eigenvalue weighted by Gasteiger charge is 2.16. The van der Waals surface area contributed by atoms with Gasteiger partial charge in [-0.15, -0.1) is 0 Å². The molecule has 0 saturated carbocycles. The molecule has 0 amide bonds. The number of aromatic nitrogens is 1. The number of rotatable bonds is 8. The first kappa shape index (κ1) is 19.2. The van der Waals surface area contributed by atoms with Crippen LogP contribution >= 0.6 is 0 Å². The molecular weight excluding hydrogens is 320 g/mol. The van der Waals surface area contributed by atoms with Crippen LogP contribution in [0, 0.1) is 6.92 Å². The summed E-state index contributed by atoms with van der Waals surface area (Å²) in [6.45, 7) is 8.43. The van der Waals surface area contributed by atoms with E-state index in [-0.39, 0.29) is 0 Å². The molecule has 1 unspecified atom stereocenters. The summed E-state index contributed by atoms with van der Waals surface area (Å²) in [6.07, 6.45) is 14.1. The van der Waals surface area contributed by atoms with E-state index >= 15 is 0 Å². The van der Waals surface area contributed by atoms with Crippen molar-refractivity contribution < 1.29 is 4.42 Å². The van der Waals surface area contributed by atoms with Crippen molar-refractivity contribution in [3.8, 4) is 11.5 Å². The minimum atomic E-state index is 0.672. The van der Waals surface area contributed by atoms with Gasteiger partial charge < -0.3 is 9.32 Å². The van der Waals surface area contributed by atoms with Gasteiger partial charge in [0, 0.05) is 5.56 Å². The molecule has 0 bridgehead atoms. The van der Waals surface area contributed by atoms with Gasteiger partial charge in [-0.05, 0) is 87.8 Å². The van der Waals surface area contributed by atoms with E-state index in [0.29, 0.717) is 11.8 Å². The molecule has 1 aliphatic rings. The number of hydrogen-bond donors (Lipinski definition) is 0. The van der Waals surface area contributed by atoms with Crippen molar-refractivity contribution in [2.75, 3.05) is 19.6 Å². The molecule has 3 rings (SSSR count). The Hall–Kier alpha value is -1.61. The third kappa shape index (κ3) is 5.20. The average molecular weight is 355 g/mol. The summed E-state index contributed by atoms with van der Waals surface area (Å²) in [7, 11) is 0. The van der Waals surface area contributed by atoms with Crippen molar-refractivity contribution in [2.45, 2.75) is 71.1 Å². The number of hydrogen-bond acceptors (Lipinski definition) is 3. The van der Waals surface area contributed by atoms with E-state index in [0.717, 1.165) is 5.56 Å². The van der Waals surface area contributed by atoms with E-state index in [1.54, 1.807) is 12.5 Å². The SMILES string of the molecule is CCCC(CCCN1CCCCCC1)c1ccc(-c2ncco2)cc1C. The van der Waals surface area contributed by atoms with Crippen molar-refractivity contribution in [1.29, 1.82) is 0 Å². The summed E-state index contributed by atoms with van der Waals surface area (Å²) in [5.74, 6) is 1.39. The van der Waals surface area contributed by atoms with E-state index < -0.39 is 0 Å². The Morgan fingerprint density at radius 2 is 1.92 bits per heavy atom. The Kier molecular flexibility index (Phi) is 7.31. The lowest BCUT2D eigenvalue weighted by Gasteiger charge is -2.23. The average Bonchev–Trinajstić information content (AvgIpc) is 3.06. The zero-order chi connectivity index (χ0) is 18.2. The van der Waals surface area contributed by atoms with Crippen LogP contribution in [0.2, 0.25) is 0 Å². The van der Waals surface area contributed by atoms with Gasteiger partial charge in [0.05, 0.1) is 6.20 Å². The Balaban J connectivity index is 1.61. The Morgan fingerprint density at radius 3 is 2.58 bits per heavy atom. The highest BCUT2D eigenvalue weighted by molar-refractivity contribution is 5.56. The molecule has 0 aliphatic carbocycles. The standard InChI is InChI=1S/C23H34N2O/c1-3-9-20(10-8-16-25-14-6-4-5-7-15-25)22-12-11-21(18-19(22)2)23-24-13-17-26-23/h11-13,17-18,20H,3-10,14-16H2,1-2H3. The molecule has 2 heterocycles. The molecule has 1 aromatic carbocycles. The summed E-state index contributed by atoms with van der Waals surface area (Å²) in [5, 5.41) is 0. The third-order valence-corrected chi connectivity index (χ3v) is 5.75. The molecule has 142 valence electrons. The topological polar surface area (TPSA) is 29.3 Å². The molecule has 2 aromatic rings. The second-order valence-corrected chi connectivity index (χ2v) is 7.79. The largest absolute Gasteiger partial charge is 0.445 e. The normalized spacial score (nSPS) is 17.2. The lowest BCUT2D eigenvalue weighted by atomic mass is 9.86. The van der Waals surface area contributed by atoms with Gasteiger partial charge in [-0.3, -0.25) is 0 Å². The molecule has 1 atom stereocenters. The van der Waals surface area contributed by atoms with E-state index in [9.17, 15) is 0 Å². The van der Waals surface area contributed by atoms with E-state index in [1.165, 1.54) is 82.1 Å². The number of likely N-dealkylation sites (tertiary alicyclic amines) is 1. The predicted octanol–water partition coefficient (Wildman–Crippen LogP) is 6.19. The van der Waals surface area contributed by atoms with Gasteiger partial charge in [0.1, 0.15) is 6.26 Å². The molecule has 0 radical (unpaired) electrons. The summed E-state index contributed by atoms with van der Waals surface area (Å²) in [6, 6.07) is 6.71. The fourth-order valence-corrected chi connectivity index (χ4v) is 4.36. The first-order valence-corrected chi connectivity index (χ1v) is 10.5. The van der Waals surface area contributed by atoms with Gasteiger partial charge in [0.2, 0.25) is 5.89 Å². The van der Waals surface area contributed by atoms with Gasteiger partial charge in [0.15, 0.2) is 0 Å². The second kappa shape index (κ2) is 9.91. The van der Waals surface area contributed by atoms with Gasteiger partial charge >= 0.3 is 0 Å². The van der Waals surface area contributed by atoms with Crippen LogP contribution < -0.4 is 0 Å². The second-order valence-electron chi connectivity index (χ2n) is 7.79. The summed E-state index contributed by atoms with van der Waals surface area (Å²) >= 11 is 0. The number of nitrogens with zero attached hydrogens (tertiary/aromatic N) is 2. The highest BCUT2D eigenvalue weighted by atomic mass is 16.3. The van der Waals surface area contributed by atoms with Crippen molar-refractivity contribution in [1.82, 2.24) is 9.88 Å². The summed E-state index contributed by atoms with van der Waals surface area (Å²) < 4.78 is 5.45. The predicted molar refractivity (Wildman–Crippen MR) is 108 cm³/mol. The summed E-state index contributed by atoms with van der Waals surface area (Å²) in [5.41, 5.74) is 3.96. The van der Waals surface area contributed by atoms with Crippen molar-refractivity contribution in [2.24, 2.45) is 0 Å². The molecule has 1 aromatic heterocycles. The zero-order valence-electron chi connectivity index (χ0n) is 16.5. The van der Waals surface area contributed by atoms with Crippen LogP contribution in [0.4, 0.5) is 0 Å². The van der Waals surface area contributed by atoms with Gasteiger partial charge in [-0.25, -0.2) is 4.98 Å². The maximum absolute atomic E-state index is 5.45. The number of benzene rings is 1. The maximum Gasteiger partial charge on any atom is 0.225 e. The number of oxazole rings is 1. The lowest BCUT2D eigenvalue weighted by molar-refractivity contribution is 0.275. The molecule has 1 saturated heterocycles. The van der Waals surface area contributed by atoms with Crippen molar-refractivity contribution >= 4 is 0 Å². The van der Waals surface area contributed by atoms with E-state index in [1.807, 2.05) is 0 Å². The Bertz CT molecular complexity index is 642. The Labute approximate surface area is 158 Å². The molecular formula is C23H34N2O. The van der Waals surface area contributed by atoms with Crippen molar-refractivity contribution in [3.05, 3.63) is 41.8 Å². The van der Waals surface area contributed by atoms with Crippen LogP contribution in [0.1, 0.15) is 75.3 Å². The molecule has 3 nitrogen and oxygen atoms in total. The van der Waals surface area contributed by atoms with Crippen LogP contribution in [0.3, 0.4) is 0 Å². The minimum absolute atomic E-state index is 0.672. The van der Waals surface area contributed by atoms with E-state index in [4.69, 9.17) is 4.42 Å². The minimum Gasteiger partial charge on any atom is -0.445 e. The van der Waals surface area contributed by atoms with Gasteiger partial charge in [-0.2, -0.15) is 0 Å². The lowest BCUT2D eigenvalue weighted by Crippen LogP contribution is -2.26. The van der Waals surface area contributed by atoms with Gasteiger partial charge in [-0.1, -0.05) is 32.3 Å². The zero-order valence-corrected chi connectivity index (χ0v) is 16.5. The van der Waals surface area contributed by atoms with Crippen LogP contribution in [0.5, 0.6) is 0 Å². The van der Waals surface area contributed by atoms with Crippen LogP contribution in [-0.2, 0) is 0 Å². The number of aryl methyl sites for hydroxylation is 1. The molecule has 0 N–H and O–H groups in total. The van der Waals surface area contributed by atoms with Crippen LogP contribution in [-0.4, -0.2) is 29.5 Å². The maximum atomic E-state index is 5.45. The van der Waals surface area contributed by atoms with Crippen molar-refractivity contribution in [3.63, 3.8) is 0 Å². The van der Waals surface area contributed by atoms with Crippen LogP contribution in [0.15, 0.2) is 35.1 Å². The van der Waals surface area contributed by atoms with Crippen LogP contribution in [0.25, 0.3) is 11.5 Å². The van der Waals surface area contributed by atoms with E-state index in [2.05, 4.69) is 41.9 Å². The smallest absolute Gasteiger partial charge is 0.225 e. The fourth-order valence-electron chi connectivity index (χ4n) is 4.36.